The third kappa shape index (κ3) is 2.27. The van der Waals surface area contributed by atoms with Crippen LogP contribution < -0.4 is 5.32 Å². The highest BCUT2D eigenvalue weighted by Crippen LogP contribution is 2.50. The largest absolute Gasteiger partial charge is 0.391 e. The van der Waals surface area contributed by atoms with Crippen LogP contribution in [0.2, 0.25) is 0 Å². The summed E-state index contributed by atoms with van der Waals surface area (Å²) in [5.74, 6) is -0.635. The van der Waals surface area contributed by atoms with Crippen molar-refractivity contribution in [2.45, 2.75) is 56.3 Å². The molecule has 0 radical (unpaired) electrons. The first kappa shape index (κ1) is 12.7. The van der Waals surface area contributed by atoms with Gasteiger partial charge in [-0.1, -0.05) is 0 Å². The van der Waals surface area contributed by atoms with Crippen molar-refractivity contribution in [1.82, 2.24) is 5.32 Å². The van der Waals surface area contributed by atoms with Gasteiger partial charge in [0.1, 0.15) is 0 Å². The summed E-state index contributed by atoms with van der Waals surface area (Å²) in [4.78, 5) is 0. The molecule has 0 amide bonds. The molecule has 3 atom stereocenters. The van der Waals surface area contributed by atoms with Gasteiger partial charge in [-0.05, 0) is 44.4 Å². The Morgan fingerprint density at radius 1 is 1.17 bits per heavy atom. The lowest BCUT2D eigenvalue weighted by Gasteiger charge is -2.49. The van der Waals surface area contributed by atoms with Gasteiger partial charge in [0.25, 0.3) is 0 Å². The highest BCUT2D eigenvalue weighted by Gasteiger charge is 2.55. The Kier molecular flexibility index (Phi) is 3.09. The second-order valence-electron chi connectivity index (χ2n) is 6.02. The minimum atomic E-state index is -4.07. The van der Waals surface area contributed by atoms with Gasteiger partial charge in [0, 0.05) is 12.6 Å². The lowest BCUT2D eigenvalue weighted by Crippen LogP contribution is -2.61. The van der Waals surface area contributed by atoms with Gasteiger partial charge in [-0.15, -0.1) is 0 Å². The standard InChI is InChI=1S/C13H20F3NO/c14-13(15,16)10-2-1-5-12(8-10)11(9-3-4-9)17-6-7-18-12/h9-11,17H,1-8H2. The predicted molar refractivity (Wildman–Crippen MR) is 61.2 cm³/mol. The Bertz CT molecular complexity index is 312. The van der Waals surface area contributed by atoms with Gasteiger partial charge in [-0.2, -0.15) is 13.2 Å². The number of hydrogen-bond acceptors (Lipinski definition) is 2. The molecule has 3 unspecified atom stereocenters. The number of halogens is 3. The van der Waals surface area contributed by atoms with Crippen LogP contribution >= 0.6 is 0 Å². The van der Waals surface area contributed by atoms with E-state index in [-0.39, 0.29) is 18.9 Å². The van der Waals surface area contributed by atoms with Crippen LogP contribution in [0.5, 0.6) is 0 Å². The second-order valence-corrected chi connectivity index (χ2v) is 6.02. The van der Waals surface area contributed by atoms with E-state index in [1.807, 2.05) is 0 Å². The highest BCUT2D eigenvalue weighted by molar-refractivity contribution is 5.06. The fraction of sp³-hybridized carbons (Fsp3) is 1.00. The smallest absolute Gasteiger partial charge is 0.372 e. The maximum atomic E-state index is 12.9. The molecule has 5 heteroatoms. The first-order valence-corrected chi connectivity index (χ1v) is 6.95. The SMILES string of the molecule is FC(F)(F)C1CCCC2(C1)OCCNC2C1CC1. The summed E-state index contributed by atoms with van der Waals surface area (Å²) in [5, 5.41) is 3.42. The number of nitrogens with one attached hydrogen (secondary N) is 1. The van der Waals surface area contributed by atoms with Crippen LogP contribution in [-0.2, 0) is 4.74 Å². The van der Waals surface area contributed by atoms with E-state index in [0.717, 1.165) is 25.8 Å². The molecule has 3 fully saturated rings. The van der Waals surface area contributed by atoms with Gasteiger partial charge in [0.05, 0.1) is 18.1 Å². The molecule has 2 aliphatic carbocycles. The van der Waals surface area contributed by atoms with E-state index in [4.69, 9.17) is 4.74 Å². The van der Waals surface area contributed by atoms with Gasteiger partial charge >= 0.3 is 6.18 Å². The third-order valence-electron chi connectivity index (χ3n) is 4.72. The Balaban J connectivity index is 1.78. The van der Waals surface area contributed by atoms with Crippen LogP contribution in [0.3, 0.4) is 0 Å². The van der Waals surface area contributed by atoms with E-state index in [2.05, 4.69) is 5.32 Å². The number of rotatable bonds is 1. The molecular weight excluding hydrogens is 243 g/mol. The minimum absolute atomic E-state index is 0.149. The Morgan fingerprint density at radius 2 is 1.94 bits per heavy atom. The summed E-state index contributed by atoms with van der Waals surface area (Å²) in [5.41, 5.74) is -0.544. The summed E-state index contributed by atoms with van der Waals surface area (Å²) in [6, 6.07) is 0.149. The summed E-state index contributed by atoms with van der Waals surface area (Å²) >= 11 is 0. The topological polar surface area (TPSA) is 21.3 Å². The zero-order valence-electron chi connectivity index (χ0n) is 10.4. The monoisotopic (exact) mass is 263 g/mol. The van der Waals surface area contributed by atoms with Crippen molar-refractivity contribution < 1.29 is 17.9 Å². The fourth-order valence-electron chi connectivity index (χ4n) is 3.73. The average Bonchev–Trinajstić information content (AvgIpc) is 3.13. The van der Waals surface area contributed by atoms with E-state index in [9.17, 15) is 13.2 Å². The van der Waals surface area contributed by atoms with Crippen LogP contribution in [-0.4, -0.2) is 31.0 Å². The zero-order valence-corrected chi connectivity index (χ0v) is 10.4. The van der Waals surface area contributed by atoms with Crippen LogP contribution in [0.4, 0.5) is 13.2 Å². The molecule has 1 saturated heterocycles. The Labute approximate surface area is 105 Å². The van der Waals surface area contributed by atoms with E-state index in [0.29, 0.717) is 18.9 Å². The Hall–Kier alpha value is -0.290. The van der Waals surface area contributed by atoms with Crippen LogP contribution in [0.1, 0.15) is 38.5 Å². The molecule has 2 saturated carbocycles. The van der Waals surface area contributed by atoms with Crippen molar-refractivity contribution in [1.29, 1.82) is 0 Å². The van der Waals surface area contributed by atoms with Crippen molar-refractivity contribution >= 4 is 0 Å². The van der Waals surface area contributed by atoms with E-state index < -0.39 is 17.7 Å². The maximum absolute atomic E-state index is 12.9. The zero-order chi connectivity index (χ0) is 12.8. The van der Waals surface area contributed by atoms with E-state index in [1.54, 1.807) is 0 Å². The van der Waals surface area contributed by atoms with Crippen LogP contribution in [0, 0.1) is 11.8 Å². The molecule has 0 aromatic heterocycles. The molecule has 3 rings (SSSR count). The van der Waals surface area contributed by atoms with Gasteiger partial charge in [0.2, 0.25) is 0 Å². The van der Waals surface area contributed by atoms with Gasteiger partial charge in [0.15, 0.2) is 0 Å². The van der Waals surface area contributed by atoms with Crippen molar-refractivity contribution in [3.8, 4) is 0 Å². The molecule has 0 aromatic carbocycles. The Morgan fingerprint density at radius 3 is 2.61 bits per heavy atom. The molecule has 18 heavy (non-hydrogen) atoms. The minimum Gasteiger partial charge on any atom is -0.372 e. The first-order chi connectivity index (χ1) is 8.51. The van der Waals surface area contributed by atoms with E-state index >= 15 is 0 Å². The molecular formula is C13H20F3NO. The third-order valence-corrected chi connectivity index (χ3v) is 4.72. The predicted octanol–water partition coefficient (Wildman–Crippen LogP) is 2.88. The molecule has 1 N–H and O–H groups in total. The summed E-state index contributed by atoms with van der Waals surface area (Å²) < 4.78 is 44.7. The van der Waals surface area contributed by atoms with Crippen molar-refractivity contribution in [3.63, 3.8) is 0 Å². The second kappa shape index (κ2) is 4.37. The fourth-order valence-corrected chi connectivity index (χ4v) is 3.73. The number of ether oxygens (including phenoxy) is 1. The normalized spacial score (nSPS) is 42.2. The average molecular weight is 263 g/mol. The molecule has 104 valence electrons. The molecule has 1 spiro atoms. The van der Waals surface area contributed by atoms with Crippen LogP contribution in [0.25, 0.3) is 0 Å². The van der Waals surface area contributed by atoms with Gasteiger partial charge in [-0.25, -0.2) is 0 Å². The van der Waals surface area contributed by atoms with Crippen molar-refractivity contribution in [3.05, 3.63) is 0 Å². The van der Waals surface area contributed by atoms with E-state index in [1.165, 1.54) is 0 Å². The molecule has 0 bridgehead atoms. The molecule has 1 aliphatic heterocycles. The quantitative estimate of drug-likeness (QED) is 0.785. The summed E-state index contributed by atoms with van der Waals surface area (Å²) in [7, 11) is 0. The highest BCUT2D eigenvalue weighted by atomic mass is 19.4. The van der Waals surface area contributed by atoms with Crippen molar-refractivity contribution in [2.24, 2.45) is 11.8 Å². The van der Waals surface area contributed by atoms with Gasteiger partial charge in [-0.3, -0.25) is 0 Å². The number of alkyl halides is 3. The molecule has 2 nitrogen and oxygen atoms in total. The molecule has 1 heterocycles. The summed E-state index contributed by atoms with van der Waals surface area (Å²) in [6.45, 7) is 1.33. The lowest BCUT2D eigenvalue weighted by molar-refractivity contribution is -0.217. The number of morpholine rings is 1. The van der Waals surface area contributed by atoms with Gasteiger partial charge < -0.3 is 10.1 Å². The maximum Gasteiger partial charge on any atom is 0.391 e. The lowest BCUT2D eigenvalue weighted by atomic mass is 9.71. The van der Waals surface area contributed by atoms with Crippen LogP contribution in [0.15, 0.2) is 0 Å². The first-order valence-electron chi connectivity index (χ1n) is 6.95. The van der Waals surface area contributed by atoms with Crippen molar-refractivity contribution in [2.75, 3.05) is 13.2 Å². The molecule has 3 aliphatic rings. The molecule has 0 aromatic rings. The number of hydrogen-bond donors (Lipinski definition) is 1. The summed E-state index contributed by atoms with van der Waals surface area (Å²) in [6.07, 6.45) is 0.0563.